The predicted molar refractivity (Wildman–Crippen MR) is 201 cm³/mol. The highest BCUT2D eigenvalue weighted by Crippen LogP contribution is 2.31. The number of rotatable bonds is 11. The van der Waals surface area contributed by atoms with Crippen LogP contribution in [0, 0.1) is 17.8 Å². The van der Waals surface area contributed by atoms with Gasteiger partial charge in [0.2, 0.25) is 23.7 Å². The fraction of sp³-hybridized carbons (Fsp3) is 0.364. The predicted octanol–water partition coefficient (Wildman–Crippen LogP) is 2.95. The number of benzene rings is 2. The number of imidazole rings is 2. The van der Waals surface area contributed by atoms with E-state index in [0.717, 1.165) is 13.1 Å². The molecule has 3 heterocycles. The molecule has 2 aromatic heterocycles. The van der Waals surface area contributed by atoms with Crippen LogP contribution in [0.1, 0.15) is 34.6 Å². The van der Waals surface area contributed by atoms with Crippen molar-refractivity contribution in [2.45, 2.75) is 26.9 Å². The second-order valence-electron chi connectivity index (χ2n) is 11.6. The van der Waals surface area contributed by atoms with Gasteiger partial charge in [-0.2, -0.15) is 0 Å². The van der Waals surface area contributed by atoms with E-state index in [0.29, 0.717) is 66.3 Å². The van der Waals surface area contributed by atoms with E-state index >= 15 is 0 Å². The van der Waals surface area contributed by atoms with Crippen LogP contribution in [0.5, 0.6) is 11.5 Å². The molecule has 268 valence electrons. The lowest BCUT2D eigenvalue weighted by Crippen LogP contribution is -2.49. The van der Waals surface area contributed by atoms with Crippen LogP contribution in [-0.2, 0) is 17.9 Å². The van der Waals surface area contributed by atoms with Gasteiger partial charge in [0.05, 0.1) is 30.3 Å². The molecule has 0 spiro atoms. The van der Waals surface area contributed by atoms with Gasteiger partial charge in [-0.15, -0.1) is 34.0 Å². The molecule has 0 unspecified atom stereocenters. The number of allylic oxidation sites excluding steroid dienone is 2. The molecule has 4 aromatic rings. The summed E-state index contributed by atoms with van der Waals surface area (Å²) in [5, 5.41) is 9.42. The van der Waals surface area contributed by atoms with Gasteiger partial charge in [-0.3, -0.25) is 14.5 Å². The van der Waals surface area contributed by atoms with Gasteiger partial charge >= 0.3 is 5.97 Å². The van der Waals surface area contributed by atoms with Gasteiger partial charge < -0.3 is 45.8 Å². The van der Waals surface area contributed by atoms with Crippen LogP contribution in [0.4, 0.5) is 11.9 Å². The number of aromatic nitrogens is 4. The van der Waals surface area contributed by atoms with Crippen molar-refractivity contribution in [3.63, 3.8) is 0 Å². The first-order chi connectivity index (χ1) is 23.0. The molecule has 7 N–H and O–H groups in total. The highest BCUT2D eigenvalue weighted by atomic mass is 79.9. The largest absolute Gasteiger partial charge is 0.494 e. The first-order valence-corrected chi connectivity index (χ1v) is 15.4. The maximum Gasteiger partial charge on any atom is 0.335 e. The van der Waals surface area contributed by atoms with Crippen molar-refractivity contribution in [2.24, 2.45) is 11.7 Å². The minimum atomic E-state index is -1.10. The number of carboxylic acid groups (broad SMARTS) is 1. The van der Waals surface area contributed by atoms with Crippen molar-refractivity contribution in [3.8, 4) is 23.3 Å². The molecule has 1 saturated heterocycles. The Morgan fingerprint density at radius 3 is 1.94 bits per heavy atom. The Hall–Kier alpha value is -4.79. The molecule has 0 saturated carbocycles. The first kappa shape index (κ1) is 39.6. The van der Waals surface area contributed by atoms with Crippen molar-refractivity contribution in [2.75, 3.05) is 57.9 Å². The van der Waals surface area contributed by atoms with Crippen molar-refractivity contribution in [3.05, 3.63) is 47.5 Å². The molecule has 0 bridgehead atoms. The number of carbonyl (C=O) groups excluding carboxylic acids is 2. The highest BCUT2D eigenvalue weighted by molar-refractivity contribution is 8.93. The van der Waals surface area contributed by atoms with Crippen molar-refractivity contribution < 1.29 is 29.0 Å². The van der Waals surface area contributed by atoms with Crippen LogP contribution in [0.3, 0.4) is 0 Å². The number of nitrogens with zero attached hydrogens (tertiary/aromatic N) is 6. The molecule has 17 heteroatoms. The third-order valence-electron chi connectivity index (χ3n) is 8.07. The van der Waals surface area contributed by atoms with Crippen molar-refractivity contribution in [1.29, 1.82) is 0 Å². The summed E-state index contributed by atoms with van der Waals surface area (Å²) in [5.41, 5.74) is 20.3. The molecule has 15 nitrogen and oxygen atoms in total. The molecule has 1 fully saturated rings. The fourth-order valence-electron chi connectivity index (χ4n) is 5.58. The zero-order valence-corrected chi connectivity index (χ0v) is 31.3. The van der Waals surface area contributed by atoms with E-state index in [-0.39, 0.29) is 75.4 Å². The number of nitrogen functional groups attached to an aromatic ring is 2. The van der Waals surface area contributed by atoms with E-state index in [2.05, 4.69) is 26.7 Å². The average Bonchev–Trinajstić information content (AvgIpc) is 3.56. The topological polar surface area (TPSA) is 210 Å². The van der Waals surface area contributed by atoms with Gasteiger partial charge in [0.15, 0.2) is 0 Å². The Kier molecular flexibility index (Phi) is 13.7. The smallest absolute Gasteiger partial charge is 0.335 e. The fourth-order valence-corrected chi connectivity index (χ4v) is 5.58. The SMILES string of the molecule is Br.Br.COc1cc(C(=O)O)cc2nc(N)n(C/C=C/Cn3c(N)nc4cc(C(N)=O)cc(OCC#CCN5CCN(C(=O)C(C)C)CC5)c43)c12. The summed E-state index contributed by atoms with van der Waals surface area (Å²) in [4.78, 5) is 48.6. The highest BCUT2D eigenvalue weighted by Gasteiger charge is 2.22. The van der Waals surface area contributed by atoms with Gasteiger partial charge in [-0.25, -0.2) is 14.8 Å². The Morgan fingerprint density at radius 1 is 0.880 bits per heavy atom. The van der Waals surface area contributed by atoms with E-state index in [9.17, 15) is 19.5 Å². The number of hydrogen-bond donors (Lipinski definition) is 4. The molecule has 0 atom stereocenters. The molecular weight excluding hydrogens is 778 g/mol. The number of anilines is 2. The molecule has 1 aliphatic heterocycles. The number of piperazine rings is 1. The van der Waals surface area contributed by atoms with Gasteiger partial charge in [0.25, 0.3) is 0 Å². The lowest BCUT2D eigenvalue weighted by Gasteiger charge is -2.34. The standard InChI is InChI=1S/C33H39N9O6.2BrH/c1-20(2)30(44)40-13-11-39(12-14-40)8-6-7-15-48-26-18-21(29(34)43)16-23-28(26)42(33(36)37-23)10-5-4-9-41-27-24(38-32(41)35)17-22(31(45)46)19-25(27)47-3;;/h4-5,16-20H,8-15H2,1-3H3,(H2,34,43)(H2,35,38)(H2,36,37)(H,45,46);2*1H/b5-4+;;. The lowest BCUT2D eigenvalue weighted by molar-refractivity contribution is -0.136. The molecule has 1 aliphatic rings. The summed E-state index contributed by atoms with van der Waals surface area (Å²) in [6.07, 6.45) is 3.72. The van der Waals surface area contributed by atoms with Crippen LogP contribution in [0.2, 0.25) is 0 Å². The third-order valence-corrected chi connectivity index (χ3v) is 8.07. The number of nitrogens with two attached hydrogens (primary N) is 3. The Labute approximate surface area is 309 Å². The number of carbonyl (C=O) groups is 3. The number of halogens is 2. The van der Waals surface area contributed by atoms with Crippen LogP contribution in [0.15, 0.2) is 36.4 Å². The summed E-state index contributed by atoms with van der Waals surface area (Å²) < 4.78 is 14.9. The molecule has 0 aliphatic carbocycles. The molecule has 5 rings (SSSR count). The number of primary amides is 1. The summed E-state index contributed by atoms with van der Waals surface area (Å²) in [6.45, 7) is 7.91. The van der Waals surface area contributed by atoms with Gasteiger partial charge in [0, 0.05) is 50.7 Å². The van der Waals surface area contributed by atoms with E-state index in [1.807, 2.05) is 30.9 Å². The van der Waals surface area contributed by atoms with E-state index in [1.165, 1.54) is 19.2 Å². The van der Waals surface area contributed by atoms with E-state index < -0.39 is 11.9 Å². The first-order valence-electron chi connectivity index (χ1n) is 15.4. The maximum atomic E-state index is 12.2. The van der Waals surface area contributed by atoms with Gasteiger partial charge in [0.1, 0.15) is 29.1 Å². The second kappa shape index (κ2) is 17.2. The Morgan fingerprint density at radius 2 is 1.42 bits per heavy atom. The minimum absolute atomic E-state index is 0. The number of amides is 2. The van der Waals surface area contributed by atoms with Crippen LogP contribution < -0.4 is 26.7 Å². The molecule has 2 aromatic carbocycles. The summed E-state index contributed by atoms with van der Waals surface area (Å²) >= 11 is 0. The van der Waals surface area contributed by atoms with E-state index in [1.54, 1.807) is 21.3 Å². The quantitative estimate of drug-likeness (QED) is 0.128. The molecule has 50 heavy (non-hydrogen) atoms. The van der Waals surface area contributed by atoms with E-state index in [4.69, 9.17) is 26.7 Å². The second-order valence-corrected chi connectivity index (χ2v) is 11.6. The third kappa shape index (κ3) is 8.67. The lowest BCUT2D eigenvalue weighted by atomic mass is 10.1. The maximum absolute atomic E-state index is 12.2. The number of ether oxygens (including phenoxy) is 2. The Bertz CT molecular complexity index is 1970. The number of fused-ring (bicyclic) bond motifs is 2. The zero-order chi connectivity index (χ0) is 34.5. The number of aromatic carboxylic acids is 1. The number of methoxy groups -OCH3 is 1. The average molecular weight is 820 g/mol. The van der Waals surface area contributed by atoms with Crippen LogP contribution >= 0.6 is 34.0 Å². The van der Waals surface area contributed by atoms with Crippen molar-refractivity contribution >= 4 is 85.7 Å². The van der Waals surface area contributed by atoms with Gasteiger partial charge in [-0.1, -0.05) is 37.8 Å². The summed E-state index contributed by atoms with van der Waals surface area (Å²) in [5.74, 6) is 5.68. The summed E-state index contributed by atoms with van der Waals surface area (Å²) in [6, 6.07) is 5.98. The van der Waals surface area contributed by atoms with Gasteiger partial charge in [-0.05, 0) is 24.3 Å². The van der Waals surface area contributed by atoms with Crippen LogP contribution in [0.25, 0.3) is 22.1 Å². The monoisotopic (exact) mass is 817 g/mol. The number of hydrogen-bond acceptors (Lipinski definition) is 10. The minimum Gasteiger partial charge on any atom is -0.494 e. The molecular formula is C33H41Br2N9O6. The van der Waals surface area contributed by atoms with Crippen LogP contribution in [-0.4, -0.2) is 98.2 Å². The normalized spacial score (nSPS) is 13.2. The van der Waals surface area contributed by atoms with Crippen molar-refractivity contribution in [1.82, 2.24) is 28.9 Å². The molecule has 0 radical (unpaired) electrons. The molecule has 2 amide bonds. The number of carboxylic acids is 1. The zero-order valence-electron chi connectivity index (χ0n) is 27.9. The summed E-state index contributed by atoms with van der Waals surface area (Å²) in [7, 11) is 1.45. The Balaban J connectivity index is 0.00000338.